The van der Waals surface area contributed by atoms with Crippen LogP contribution in [0.15, 0.2) is 54.6 Å². The molecule has 0 aliphatic carbocycles. The molecule has 6 heteroatoms. The Morgan fingerprint density at radius 3 is 2.31 bits per heavy atom. The highest BCUT2D eigenvalue weighted by atomic mass is 35.5. The number of ether oxygens (including phenoxy) is 2. The summed E-state index contributed by atoms with van der Waals surface area (Å²) < 4.78 is 11.8. The van der Waals surface area contributed by atoms with Gasteiger partial charge in [0.15, 0.2) is 11.5 Å². The molecule has 29 heavy (non-hydrogen) atoms. The molecule has 0 atom stereocenters. The normalized spacial score (nSPS) is 10.7. The van der Waals surface area contributed by atoms with Gasteiger partial charge in [0.2, 0.25) is 0 Å². The molecule has 0 bridgehead atoms. The van der Waals surface area contributed by atoms with E-state index < -0.39 is 0 Å². The predicted octanol–water partition coefficient (Wildman–Crippen LogP) is 7.55. The quantitative estimate of drug-likeness (QED) is 0.384. The van der Waals surface area contributed by atoms with Gasteiger partial charge in [-0.25, -0.2) is 0 Å². The fraction of sp³-hybridized carbons (Fsp3) is 0.217. The van der Waals surface area contributed by atoms with Crippen LogP contribution in [-0.2, 0) is 13.2 Å². The molecule has 0 saturated carbocycles. The Morgan fingerprint density at radius 1 is 0.828 bits per heavy atom. The number of hydrogen-bond donors (Lipinski definition) is 1. The van der Waals surface area contributed by atoms with Crippen molar-refractivity contribution in [2.75, 3.05) is 11.9 Å². The van der Waals surface area contributed by atoms with Crippen LogP contribution in [0.4, 0.5) is 5.69 Å². The summed E-state index contributed by atoms with van der Waals surface area (Å²) in [5.41, 5.74) is 3.96. The Labute approximate surface area is 186 Å². The molecule has 1 N–H and O–H groups in total. The number of hydrogen-bond acceptors (Lipinski definition) is 3. The third kappa shape index (κ3) is 5.72. The Morgan fingerprint density at radius 2 is 1.59 bits per heavy atom. The van der Waals surface area contributed by atoms with Crippen LogP contribution in [0.5, 0.6) is 11.5 Å². The summed E-state index contributed by atoms with van der Waals surface area (Å²) in [6.45, 7) is 5.45. The highest BCUT2D eigenvalue weighted by molar-refractivity contribution is 6.36. The summed E-state index contributed by atoms with van der Waals surface area (Å²) in [6.07, 6.45) is 0. The SMILES string of the molecule is CCOc1cc(CNc2ccc(Cl)cc2Cl)c(Cl)cc1OCc1ccccc1C. The molecule has 3 aromatic carbocycles. The van der Waals surface area contributed by atoms with E-state index in [2.05, 4.69) is 18.3 Å². The molecule has 3 nitrogen and oxygen atoms in total. The monoisotopic (exact) mass is 449 g/mol. The minimum atomic E-state index is 0.445. The Hall–Kier alpha value is -2.07. The zero-order chi connectivity index (χ0) is 20.8. The fourth-order valence-corrected chi connectivity index (χ4v) is 3.54. The first-order valence-electron chi connectivity index (χ1n) is 9.29. The van der Waals surface area contributed by atoms with Crippen LogP contribution in [0.25, 0.3) is 0 Å². The topological polar surface area (TPSA) is 30.5 Å². The number of anilines is 1. The molecular formula is C23H22Cl3NO2. The van der Waals surface area contributed by atoms with Crippen molar-refractivity contribution in [3.63, 3.8) is 0 Å². The molecule has 0 aliphatic rings. The van der Waals surface area contributed by atoms with Crippen molar-refractivity contribution in [3.8, 4) is 11.5 Å². The summed E-state index contributed by atoms with van der Waals surface area (Å²) in [5, 5.41) is 5.01. The van der Waals surface area contributed by atoms with E-state index in [4.69, 9.17) is 44.3 Å². The molecule has 0 aromatic heterocycles. The molecule has 0 heterocycles. The maximum Gasteiger partial charge on any atom is 0.163 e. The molecule has 0 amide bonds. The molecule has 0 fully saturated rings. The molecule has 3 rings (SSSR count). The number of aryl methyl sites for hydroxylation is 1. The summed E-state index contributed by atoms with van der Waals surface area (Å²) in [5.74, 6) is 1.28. The first kappa shape index (κ1) is 21.6. The zero-order valence-electron chi connectivity index (χ0n) is 16.3. The maximum atomic E-state index is 6.52. The second-order valence-electron chi connectivity index (χ2n) is 6.52. The van der Waals surface area contributed by atoms with Crippen LogP contribution in [0, 0.1) is 6.92 Å². The third-order valence-electron chi connectivity index (χ3n) is 4.46. The number of benzene rings is 3. The van der Waals surface area contributed by atoms with Gasteiger partial charge in [0.05, 0.1) is 17.3 Å². The molecule has 0 unspecified atom stereocenters. The lowest BCUT2D eigenvalue weighted by atomic mass is 10.1. The van der Waals surface area contributed by atoms with Crippen molar-refractivity contribution >= 4 is 40.5 Å². The van der Waals surface area contributed by atoms with Gasteiger partial charge < -0.3 is 14.8 Å². The third-order valence-corrected chi connectivity index (χ3v) is 5.36. The van der Waals surface area contributed by atoms with E-state index in [-0.39, 0.29) is 0 Å². The number of halogens is 3. The zero-order valence-corrected chi connectivity index (χ0v) is 18.5. The summed E-state index contributed by atoms with van der Waals surface area (Å²) in [7, 11) is 0. The van der Waals surface area contributed by atoms with E-state index in [1.165, 1.54) is 5.56 Å². The van der Waals surface area contributed by atoms with Gasteiger partial charge in [0.25, 0.3) is 0 Å². The van der Waals surface area contributed by atoms with Gasteiger partial charge in [-0.2, -0.15) is 0 Å². The van der Waals surface area contributed by atoms with Crippen molar-refractivity contribution < 1.29 is 9.47 Å². The van der Waals surface area contributed by atoms with Crippen molar-refractivity contribution in [3.05, 3.63) is 86.4 Å². The lowest BCUT2D eigenvalue weighted by Gasteiger charge is -2.16. The second-order valence-corrected chi connectivity index (χ2v) is 7.77. The fourth-order valence-electron chi connectivity index (χ4n) is 2.84. The average Bonchev–Trinajstić information content (AvgIpc) is 2.69. The maximum absolute atomic E-state index is 6.52. The summed E-state index contributed by atoms with van der Waals surface area (Å²) >= 11 is 18.7. The van der Waals surface area contributed by atoms with E-state index in [0.29, 0.717) is 46.3 Å². The van der Waals surface area contributed by atoms with Crippen LogP contribution >= 0.6 is 34.8 Å². The van der Waals surface area contributed by atoms with Crippen LogP contribution < -0.4 is 14.8 Å². The van der Waals surface area contributed by atoms with Gasteiger partial charge in [-0.3, -0.25) is 0 Å². The summed E-state index contributed by atoms with van der Waals surface area (Å²) in [4.78, 5) is 0. The summed E-state index contributed by atoms with van der Waals surface area (Å²) in [6, 6.07) is 17.1. The molecule has 0 spiro atoms. The Bertz CT molecular complexity index is 992. The first-order valence-corrected chi connectivity index (χ1v) is 10.4. The van der Waals surface area contributed by atoms with Gasteiger partial charge in [-0.15, -0.1) is 0 Å². The first-order chi connectivity index (χ1) is 14.0. The van der Waals surface area contributed by atoms with Crippen LogP contribution in [0.1, 0.15) is 23.6 Å². The van der Waals surface area contributed by atoms with Crippen molar-refractivity contribution in [1.29, 1.82) is 0 Å². The van der Waals surface area contributed by atoms with Gasteiger partial charge in [0.1, 0.15) is 6.61 Å². The minimum Gasteiger partial charge on any atom is -0.490 e. The van der Waals surface area contributed by atoms with E-state index >= 15 is 0 Å². The molecular weight excluding hydrogens is 429 g/mol. The van der Waals surface area contributed by atoms with E-state index in [0.717, 1.165) is 16.8 Å². The second kappa shape index (κ2) is 10.1. The lowest BCUT2D eigenvalue weighted by Crippen LogP contribution is -2.04. The van der Waals surface area contributed by atoms with E-state index in [9.17, 15) is 0 Å². The van der Waals surface area contributed by atoms with Gasteiger partial charge in [-0.1, -0.05) is 59.1 Å². The number of rotatable bonds is 8. The van der Waals surface area contributed by atoms with Crippen LogP contribution in [-0.4, -0.2) is 6.61 Å². The van der Waals surface area contributed by atoms with Crippen molar-refractivity contribution in [1.82, 2.24) is 0 Å². The Kier molecular flexibility index (Phi) is 7.54. The van der Waals surface area contributed by atoms with Crippen molar-refractivity contribution in [2.45, 2.75) is 27.0 Å². The molecule has 0 radical (unpaired) electrons. The minimum absolute atomic E-state index is 0.445. The van der Waals surface area contributed by atoms with Crippen molar-refractivity contribution in [2.24, 2.45) is 0 Å². The Balaban J connectivity index is 1.77. The van der Waals surface area contributed by atoms with Crippen LogP contribution in [0.3, 0.4) is 0 Å². The van der Waals surface area contributed by atoms with Gasteiger partial charge >= 0.3 is 0 Å². The molecule has 0 aliphatic heterocycles. The number of nitrogens with one attached hydrogen (secondary N) is 1. The van der Waals surface area contributed by atoms with Gasteiger partial charge in [-0.05, 0) is 54.8 Å². The lowest BCUT2D eigenvalue weighted by molar-refractivity contribution is 0.268. The average molecular weight is 451 g/mol. The molecule has 3 aromatic rings. The standard InChI is InChI=1S/C23H22Cl3NO2/c1-3-28-22-10-17(13-27-21-9-8-18(24)11-20(21)26)19(25)12-23(22)29-14-16-7-5-4-6-15(16)2/h4-12,27H,3,13-14H2,1-2H3. The van der Waals surface area contributed by atoms with Crippen LogP contribution in [0.2, 0.25) is 15.1 Å². The smallest absolute Gasteiger partial charge is 0.163 e. The highest BCUT2D eigenvalue weighted by Gasteiger charge is 2.13. The molecule has 152 valence electrons. The largest absolute Gasteiger partial charge is 0.490 e. The molecule has 0 saturated heterocycles. The van der Waals surface area contributed by atoms with E-state index in [1.54, 1.807) is 18.2 Å². The predicted molar refractivity (Wildman–Crippen MR) is 122 cm³/mol. The highest BCUT2D eigenvalue weighted by Crippen LogP contribution is 2.35. The van der Waals surface area contributed by atoms with Gasteiger partial charge in [0, 0.05) is 22.7 Å². The van der Waals surface area contributed by atoms with E-state index in [1.807, 2.05) is 37.3 Å².